The number of amides is 1. The molecule has 0 aromatic heterocycles. The van der Waals surface area contributed by atoms with Crippen molar-refractivity contribution in [3.63, 3.8) is 0 Å². The molecular weight excluding hydrogens is 281 g/mol. The van der Waals surface area contributed by atoms with E-state index in [4.69, 9.17) is 0 Å². The minimum atomic E-state index is -4.37. The van der Waals surface area contributed by atoms with Gasteiger partial charge in [-0.05, 0) is 44.0 Å². The van der Waals surface area contributed by atoms with E-state index in [1.54, 1.807) is 13.0 Å². The first-order chi connectivity index (χ1) is 9.88. The van der Waals surface area contributed by atoms with Crippen LogP contribution in [0.5, 0.6) is 0 Å². The number of halogens is 3. The van der Waals surface area contributed by atoms with Gasteiger partial charge in [0.1, 0.15) is 0 Å². The normalized spacial score (nSPS) is 20.9. The highest BCUT2D eigenvalue weighted by Gasteiger charge is 2.31. The molecule has 1 aromatic carbocycles. The SMILES string of the molecule is CC(NC(=O)C1CCCCN1)c1cccc(C(F)(F)F)c1. The molecule has 1 heterocycles. The highest BCUT2D eigenvalue weighted by molar-refractivity contribution is 5.82. The van der Waals surface area contributed by atoms with Crippen molar-refractivity contribution in [1.29, 1.82) is 0 Å². The zero-order valence-electron chi connectivity index (χ0n) is 11.8. The molecule has 1 aromatic rings. The van der Waals surface area contributed by atoms with E-state index < -0.39 is 17.8 Å². The number of hydrogen-bond donors (Lipinski definition) is 2. The van der Waals surface area contributed by atoms with Crippen molar-refractivity contribution in [3.8, 4) is 0 Å². The maximum atomic E-state index is 12.7. The summed E-state index contributed by atoms with van der Waals surface area (Å²) >= 11 is 0. The second-order valence-electron chi connectivity index (χ2n) is 5.36. The van der Waals surface area contributed by atoms with Gasteiger partial charge in [0.15, 0.2) is 0 Å². The molecule has 116 valence electrons. The smallest absolute Gasteiger partial charge is 0.348 e. The summed E-state index contributed by atoms with van der Waals surface area (Å²) in [6.45, 7) is 2.49. The number of carbonyl (C=O) groups excluding carboxylic acids is 1. The van der Waals surface area contributed by atoms with Gasteiger partial charge in [0.05, 0.1) is 17.6 Å². The van der Waals surface area contributed by atoms with Crippen LogP contribution in [0.4, 0.5) is 13.2 Å². The second kappa shape index (κ2) is 6.47. The molecule has 3 nitrogen and oxygen atoms in total. The van der Waals surface area contributed by atoms with Crippen LogP contribution in [0.1, 0.15) is 43.4 Å². The number of nitrogens with one attached hydrogen (secondary N) is 2. The average Bonchev–Trinajstić information content (AvgIpc) is 2.47. The van der Waals surface area contributed by atoms with Crippen LogP contribution in [0, 0.1) is 0 Å². The third kappa shape index (κ3) is 4.20. The summed E-state index contributed by atoms with van der Waals surface area (Å²) in [7, 11) is 0. The van der Waals surface area contributed by atoms with Crippen LogP contribution in [-0.2, 0) is 11.0 Å². The number of hydrogen-bond acceptors (Lipinski definition) is 2. The van der Waals surface area contributed by atoms with E-state index in [0.717, 1.165) is 37.9 Å². The molecule has 1 fully saturated rings. The predicted molar refractivity (Wildman–Crippen MR) is 73.6 cm³/mol. The maximum Gasteiger partial charge on any atom is 0.416 e. The third-order valence-corrected chi connectivity index (χ3v) is 3.70. The molecule has 0 saturated carbocycles. The number of alkyl halides is 3. The lowest BCUT2D eigenvalue weighted by molar-refractivity contribution is -0.137. The minimum absolute atomic E-state index is 0.153. The summed E-state index contributed by atoms with van der Waals surface area (Å²) < 4.78 is 38.1. The maximum absolute atomic E-state index is 12.7. The first kappa shape index (κ1) is 15.8. The molecule has 0 radical (unpaired) electrons. The van der Waals surface area contributed by atoms with E-state index in [2.05, 4.69) is 10.6 Å². The highest BCUT2D eigenvalue weighted by atomic mass is 19.4. The zero-order valence-corrected chi connectivity index (χ0v) is 11.8. The average molecular weight is 300 g/mol. The van der Waals surface area contributed by atoms with Gasteiger partial charge in [-0.15, -0.1) is 0 Å². The summed E-state index contributed by atoms with van der Waals surface area (Å²) in [5, 5.41) is 5.90. The van der Waals surface area contributed by atoms with Crippen molar-refractivity contribution < 1.29 is 18.0 Å². The Kier molecular flexibility index (Phi) is 4.88. The van der Waals surface area contributed by atoms with Gasteiger partial charge in [-0.1, -0.05) is 18.6 Å². The lowest BCUT2D eigenvalue weighted by Gasteiger charge is -2.25. The van der Waals surface area contributed by atoms with Crippen molar-refractivity contribution >= 4 is 5.91 Å². The van der Waals surface area contributed by atoms with Crippen LogP contribution < -0.4 is 10.6 Å². The molecular formula is C15H19F3N2O. The summed E-state index contributed by atoms with van der Waals surface area (Å²) in [6, 6.07) is 4.37. The van der Waals surface area contributed by atoms with Gasteiger partial charge < -0.3 is 10.6 Å². The molecule has 6 heteroatoms. The van der Waals surface area contributed by atoms with Crippen molar-refractivity contribution in [1.82, 2.24) is 10.6 Å². The summed E-state index contributed by atoms with van der Waals surface area (Å²) in [4.78, 5) is 12.1. The monoisotopic (exact) mass is 300 g/mol. The first-order valence-corrected chi connectivity index (χ1v) is 7.09. The van der Waals surface area contributed by atoms with Gasteiger partial charge in [0.2, 0.25) is 5.91 Å². The molecule has 21 heavy (non-hydrogen) atoms. The van der Waals surface area contributed by atoms with Crippen LogP contribution in [-0.4, -0.2) is 18.5 Å². The Bertz CT molecular complexity index is 496. The minimum Gasteiger partial charge on any atom is -0.348 e. The van der Waals surface area contributed by atoms with E-state index >= 15 is 0 Å². The Morgan fingerprint density at radius 3 is 2.76 bits per heavy atom. The van der Waals surface area contributed by atoms with Crippen LogP contribution in [0.25, 0.3) is 0 Å². The van der Waals surface area contributed by atoms with Crippen molar-refractivity contribution in [2.24, 2.45) is 0 Å². The number of rotatable bonds is 3. The third-order valence-electron chi connectivity index (χ3n) is 3.70. The largest absolute Gasteiger partial charge is 0.416 e. The fraction of sp³-hybridized carbons (Fsp3) is 0.533. The molecule has 0 aliphatic carbocycles. The lowest BCUT2D eigenvalue weighted by Crippen LogP contribution is -2.47. The highest BCUT2D eigenvalue weighted by Crippen LogP contribution is 2.30. The van der Waals surface area contributed by atoms with Gasteiger partial charge in [0.25, 0.3) is 0 Å². The molecule has 0 spiro atoms. The van der Waals surface area contributed by atoms with Crippen LogP contribution in [0.2, 0.25) is 0 Å². The Labute approximate surface area is 121 Å². The molecule has 1 saturated heterocycles. The molecule has 2 N–H and O–H groups in total. The van der Waals surface area contributed by atoms with Crippen LogP contribution in [0.15, 0.2) is 24.3 Å². The van der Waals surface area contributed by atoms with Crippen molar-refractivity contribution in [2.45, 2.75) is 44.4 Å². The zero-order chi connectivity index (χ0) is 15.5. The van der Waals surface area contributed by atoms with Crippen molar-refractivity contribution in [2.75, 3.05) is 6.54 Å². The molecule has 0 bridgehead atoms. The Balaban J connectivity index is 2.02. The van der Waals surface area contributed by atoms with Gasteiger partial charge in [0, 0.05) is 0 Å². The number of piperidine rings is 1. The molecule has 1 amide bonds. The molecule has 1 aliphatic heterocycles. The summed E-state index contributed by atoms with van der Waals surface area (Å²) in [5.74, 6) is -0.153. The lowest BCUT2D eigenvalue weighted by atomic mass is 10.0. The van der Waals surface area contributed by atoms with Gasteiger partial charge in [-0.3, -0.25) is 4.79 Å². The van der Waals surface area contributed by atoms with E-state index in [-0.39, 0.29) is 11.9 Å². The topological polar surface area (TPSA) is 41.1 Å². The van der Waals surface area contributed by atoms with Gasteiger partial charge >= 0.3 is 6.18 Å². The van der Waals surface area contributed by atoms with E-state index in [0.29, 0.717) is 5.56 Å². The number of carbonyl (C=O) groups is 1. The fourth-order valence-electron chi connectivity index (χ4n) is 2.46. The van der Waals surface area contributed by atoms with Gasteiger partial charge in [-0.25, -0.2) is 0 Å². The van der Waals surface area contributed by atoms with E-state index in [9.17, 15) is 18.0 Å². The van der Waals surface area contributed by atoms with Crippen LogP contribution in [0.3, 0.4) is 0 Å². The molecule has 2 unspecified atom stereocenters. The van der Waals surface area contributed by atoms with Crippen molar-refractivity contribution in [3.05, 3.63) is 35.4 Å². The molecule has 1 aliphatic rings. The van der Waals surface area contributed by atoms with E-state index in [1.165, 1.54) is 6.07 Å². The fourth-order valence-corrected chi connectivity index (χ4v) is 2.46. The number of benzene rings is 1. The molecule has 2 rings (SSSR count). The second-order valence-corrected chi connectivity index (χ2v) is 5.36. The molecule has 2 atom stereocenters. The Hall–Kier alpha value is -1.56. The standard InChI is InChI=1S/C15H19F3N2O/c1-10(20-14(21)13-7-2-3-8-19-13)11-5-4-6-12(9-11)15(16,17)18/h4-6,9-10,13,19H,2-3,7-8H2,1H3,(H,20,21). The van der Waals surface area contributed by atoms with Crippen LogP contribution >= 0.6 is 0 Å². The van der Waals surface area contributed by atoms with Gasteiger partial charge in [-0.2, -0.15) is 13.2 Å². The predicted octanol–water partition coefficient (Wildman–Crippen LogP) is 3.02. The summed E-state index contributed by atoms with van der Waals surface area (Å²) in [5.41, 5.74) is -0.245. The summed E-state index contributed by atoms with van der Waals surface area (Å²) in [6.07, 6.45) is -1.57. The first-order valence-electron chi connectivity index (χ1n) is 7.09. The quantitative estimate of drug-likeness (QED) is 0.901. The Morgan fingerprint density at radius 2 is 2.14 bits per heavy atom. The van der Waals surface area contributed by atoms with E-state index in [1.807, 2.05) is 0 Å². The Morgan fingerprint density at radius 1 is 1.38 bits per heavy atom.